The minimum Gasteiger partial charge on any atom is -0.454 e. The highest BCUT2D eigenvalue weighted by atomic mass is 35.5. The lowest BCUT2D eigenvalue weighted by Crippen LogP contribution is -2.35. The number of fused-ring (bicyclic) bond motifs is 1. The Labute approximate surface area is 192 Å². The Kier molecular flexibility index (Phi) is 5.74. The highest BCUT2D eigenvalue weighted by Gasteiger charge is 2.39. The SMILES string of the molecule is CC(=O)c1c2c(cc(C)c1C(C(=O)NS(=O)(=O)c1ccsc1)c1onc(C)c1Cl)OCO2. The third-order valence-electron chi connectivity index (χ3n) is 4.93. The first-order chi connectivity index (χ1) is 15.1. The maximum absolute atomic E-state index is 13.4. The molecule has 168 valence electrons. The van der Waals surface area contributed by atoms with Crippen LogP contribution in [-0.2, 0) is 14.8 Å². The highest BCUT2D eigenvalue weighted by molar-refractivity contribution is 7.90. The molecule has 2 aromatic heterocycles. The van der Waals surface area contributed by atoms with Crippen molar-refractivity contribution in [3.05, 3.63) is 56.1 Å². The van der Waals surface area contributed by atoms with Crippen molar-refractivity contribution in [2.24, 2.45) is 0 Å². The molecule has 32 heavy (non-hydrogen) atoms. The highest BCUT2D eigenvalue weighted by Crippen LogP contribution is 2.45. The summed E-state index contributed by atoms with van der Waals surface area (Å²) < 4.78 is 43.7. The number of sulfonamides is 1. The van der Waals surface area contributed by atoms with Gasteiger partial charge in [-0.1, -0.05) is 16.8 Å². The zero-order valence-corrected chi connectivity index (χ0v) is 19.5. The number of hydrogen-bond acceptors (Lipinski definition) is 9. The molecular formula is C20H17ClN2O7S2. The van der Waals surface area contributed by atoms with Gasteiger partial charge < -0.3 is 14.0 Å². The van der Waals surface area contributed by atoms with Gasteiger partial charge in [-0.3, -0.25) is 9.59 Å². The van der Waals surface area contributed by atoms with Crippen LogP contribution in [0.4, 0.5) is 0 Å². The van der Waals surface area contributed by atoms with E-state index >= 15 is 0 Å². The van der Waals surface area contributed by atoms with Crippen molar-refractivity contribution < 1.29 is 32.0 Å². The second-order valence-corrected chi connectivity index (χ2v) is 9.92. The summed E-state index contributed by atoms with van der Waals surface area (Å²) in [6.07, 6.45) is 0. The summed E-state index contributed by atoms with van der Waals surface area (Å²) in [5.74, 6) is -2.34. The van der Waals surface area contributed by atoms with E-state index in [9.17, 15) is 18.0 Å². The summed E-state index contributed by atoms with van der Waals surface area (Å²) in [6.45, 7) is 4.45. The number of nitrogens with zero attached hydrogens (tertiary/aromatic N) is 1. The molecule has 0 radical (unpaired) electrons. The molecule has 3 aromatic rings. The fraction of sp³-hybridized carbons (Fsp3) is 0.250. The molecule has 1 N–H and O–H groups in total. The molecule has 12 heteroatoms. The van der Waals surface area contributed by atoms with Crippen molar-refractivity contribution in [3.63, 3.8) is 0 Å². The monoisotopic (exact) mass is 496 g/mol. The number of aromatic nitrogens is 1. The molecule has 3 heterocycles. The largest absolute Gasteiger partial charge is 0.454 e. The predicted molar refractivity (Wildman–Crippen MR) is 115 cm³/mol. The summed E-state index contributed by atoms with van der Waals surface area (Å²) in [5, 5.41) is 6.80. The fourth-order valence-corrected chi connectivity index (χ4v) is 5.70. The molecule has 1 aliphatic heterocycles. The van der Waals surface area contributed by atoms with Crippen LogP contribution in [-0.4, -0.2) is 32.1 Å². The summed E-state index contributed by atoms with van der Waals surface area (Å²) >= 11 is 7.51. The number of nitrogens with one attached hydrogen (secondary N) is 1. The zero-order chi connectivity index (χ0) is 23.2. The van der Waals surface area contributed by atoms with Gasteiger partial charge in [0.05, 0.1) is 16.2 Å². The van der Waals surface area contributed by atoms with Crippen LogP contribution in [0.5, 0.6) is 11.5 Å². The van der Waals surface area contributed by atoms with Crippen LogP contribution in [0.15, 0.2) is 32.3 Å². The molecule has 1 aliphatic rings. The van der Waals surface area contributed by atoms with Gasteiger partial charge in [-0.2, -0.15) is 11.3 Å². The molecule has 1 aromatic carbocycles. The normalized spacial score (nSPS) is 13.8. The summed E-state index contributed by atoms with van der Waals surface area (Å²) in [7, 11) is -4.18. The first-order valence-corrected chi connectivity index (χ1v) is 12.1. The van der Waals surface area contributed by atoms with Gasteiger partial charge in [0.15, 0.2) is 23.0 Å². The minimum absolute atomic E-state index is 0.0460. The smallest absolute Gasteiger partial charge is 0.264 e. The maximum atomic E-state index is 13.4. The number of carbonyl (C=O) groups excluding carboxylic acids is 2. The molecule has 0 bridgehead atoms. The Morgan fingerprint density at radius 1 is 1.28 bits per heavy atom. The molecular weight excluding hydrogens is 480 g/mol. The van der Waals surface area contributed by atoms with Crippen molar-refractivity contribution in [2.75, 3.05) is 6.79 Å². The first-order valence-electron chi connectivity index (χ1n) is 9.26. The van der Waals surface area contributed by atoms with Crippen molar-refractivity contribution in [3.8, 4) is 11.5 Å². The average molecular weight is 497 g/mol. The Morgan fingerprint density at radius 2 is 2.03 bits per heavy atom. The number of benzene rings is 1. The second-order valence-electron chi connectivity index (χ2n) is 7.08. The molecule has 1 atom stereocenters. The first kappa shape index (κ1) is 22.3. The van der Waals surface area contributed by atoms with E-state index in [1.54, 1.807) is 25.3 Å². The van der Waals surface area contributed by atoms with Crippen LogP contribution >= 0.6 is 22.9 Å². The lowest BCUT2D eigenvalue weighted by molar-refractivity contribution is -0.120. The quantitative estimate of drug-likeness (QED) is 0.513. The topological polar surface area (TPSA) is 125 Å². The Balaban J connectivity index is 1.92. The molecule has 9 nitrogen and oxygen atoms in total. The number of ketones is 1. The van der Waals surface area contributed by atoms with E-state index in [-0.39, 0.29) is 39.3 Å². The lowest BCUT2D eigenvalue weighted by Gasteiger charge is -2.21. The van der Waals surface area contributed by atoms with Gasteiger partial charge in [-0.25, -0.2) is 13.1 Å². The van der Waals surface area contributed by atoms with E-state index in [2.05, 4.69) is 9.88 Å². The summed E-state index contributed by atoms with van der Waals surface area (Å²) in [6, 6.07) is 2.97. The van der Waals surface area contributed by atoms with Crippen molar-refractivity contribution in [1.82, 2.24) is 9.88 Å². The van der Waals surface area contributed by atoms with E-state index in [4.69, 9.17) is 25.6 Å². The van der Waals surface area contributed by atoms with Gasteiger partial charge in [0.25, 0.3) is 10.0 Å². The minimum atomic E-state index is -4.18. The number of amides is 1. The van der Waals surface area contributed by atoms with Gasteiger partial charge in [0.1, 0.15) is 10.9 Å². The number of aryl methyl sites for hydroxylation is 2. The molecule has 0 aliphatic carbocycles. The van der Waals surface area contributed by atoms with Gasteiger partial charge in [0.2, 0.25) is 12.7 Å². The van der Waals surface area contributed by atoms with Crippen molar-refractivity contribution in [2.45, 2.75) is 31.6 Å². The summed E-state index contributed by atoms with van der Waals surface area (Å²) in [4.78, 5) is 26.0. The molecule has 0 fully saturated rings. The number of Topliss-reactive ketones (excluding diaryl/α,β-unsaturated/α-hetero) is 1. The molecule has 4 rings (SSSR count). The molecule has 0 saturated carbocycles. The number of carbonyl (C=O) groups is 2. The van der Waals surface area contributed by atoms with Crippen LogP contribution in [0.25, 0.3) is 0 Å². The zero-order valence-electron chi connectivity index (χ0n) is 17.1. The standard InChI is InChI=1S/C20H17ClN2O7S2/c1-9-6-13-18(29-8-28-13)15(11(3)24)14(9)16(19-17(21)10(2)22-30-19)20(25)23-32(26,27)12-4-5-31-7-12/h4-7,16H,8H2,1-3H3,(H,23,25). The second kappa shape index (κ2) is 8.23. The van der Waals surface area contributed by atoms with E-state index in [0.29, 0.717) is 17.0 Å². The Hall–Kier alpha value is -2.89. The average Bonchev–Trinajstić information content (AvgIpc) is 3.46. The van der Waals surface area contributed by atoms with Crippen LogP contribution in [0.2, 0.25) is 5.02 Å². The van der Waals surface area contributed by atoms with Gasteiger partial charge in [0, 0.05) is 5.38 Å². The van der Waals surface area contributed by atoms with E-state index in [1.807, 2.05) is 0 Å². The Bertz CT molecular complexity index is 1330. The number of rotatable bonds is 6. The third kappa shape index (κ3) is 3.76. The van der Waals surface area contributed by atoms with Crippen molar-refractivity contribution >= 4 is 44.7 Å². The number of thiophene rings is 1. The summed E-state index contributed by atoms with van der Waals surface area (Å²) in [5.41, 5.74) is 1.06. The molecule has 0 saturated heterocycles. The molecule has 0 spiro atoms. The molecule has 1 unspecified atom stereocenters. The number of ether oxygens (including phenoxy) is 2. The van der Waals surface area contributed by atoms with Gasteiger partial charge in [-0.05, 0) is 49.4 Å². The van der Waals surface area contributed by atoms with Crippen LogP contribution < -0.4 is 14.2 Å². The number of hydrogen-bond donors (Lipinski definition) is 1. The van der Waals surface area contributed by atoms with Crippen LogP contribution in [0.3, 0.4) is 0 Å². The van der Waals surface area contributed by atoms with E-state index < -0.39 is 27.6 Å². The predicted octanol–water partition coefficient (Wildman–Crippen LogP) is 3.57. The molecule has 1 amide bonds. The third-order valence-corrected chi connectivity index (χ3v) is 7.57. The fourth-order valence-electron chi connectivity index (χ4n) is 3.50. The lowest BCUT2D eigenvalue weighted by atomic mass is 9.85. The van der Waals surface area contributed by atoms with Crippen LogP contribution in [0.1, 0.15) is 45.8 Å². The Morgan fingerprint density at radius 3 is 2.62 bits per heavy atom. The van der Waals surface area contributed by atoms with E-state index in [1.165, 1.54) is 29.7 Å². The van der Waals surface area contributed by atoms with E-state index in [0.717, 1.165) is 0 Å². The maximum Gasteiger partial charge on any atom is 0.264 e. The van der Waals surface area contributed by atoms with Gasteiger partial charge in [-0.15, -0.1) is 0 Å². The van der Waals surface area contributed by atoms with Crippen molar-refractivity contribution in [1.29, 1.82) is 0 Å². The van der Waals surface area contributed by atoms with Gasteiger partial charge >= 0.3 is 0 Å². The number of halogens is 1. The van der Waals surface area contributed by atoms with Crippen LogP contribution in [0, 0.1) is 13.8 Å².